The lowest BCUT2D eigenvalue weighted by Gasteiger charge is -2.44. The largest absolute Gasteiger partial charge is 0.126 e. The molecule has 0 nitrogen and oxygen atoms in total. The summed E-state index contributed by atoms with van der Waals surface area (Å²) in [5, 5.41) is -0.278. The first kappa shape index (κ1) is 16.4. The number of hydrogen-bond donors (Lipinski definition) is 0. The minimum Gasteiger partial charge on any atom is -0.126 e. The lowest BCUT2D eigenvalue weighted by molar-refractivity contribution is 0.182. The van der Waals surface area contributed by atoms with Crippen LogP contribution in [-0.2, 0) is 0 Å². The summed E-state index contributed by atoms with van der Waals surface area (Å²) < 4.78 is 0. The van der Waals surface area contributed by atoms with Crippen molar-refractivity contribution in [1.82, 2.24) is 0 Å². The molecule has 0 saturated heterocycles. The van der Waals surface area contributed by atoms with Crippen molar-refractivity contribution in [2.24, 2.45) is 16.7 Å². The van der Waals surface area contributed by atoms with Crippen molar-refractivity contribution in [2.75, 3.05) is 11.8 Å². The molecule has 2 aliphatic carbocycles. The Morgan fingerprint density at radius 3 is 1.89 bits per heavy atom. The van der Waals surface area contributed by atoms with Crippen molar-refractivity contribution < 1.29 is 0 Å². The minimum absolute atomic E-state index is 0.177. The van der Waals surface area contributed by atoms with Gasteiger partial charge in [0.1, 0.15) is 4.84 Å². The molecule has 8 heteroatoms. The van der Waals surface area contributed by atoms with Crippen LogP contribution in [0, 0.1) is 16.7 Å². The Labute approximate surface area is 146 Å². The molecule has 2 rings (SSSR count). The van der Waals surface area contributed by atoms with Crippen LogP contribution in [0.25, 0.3) is 0 Å². The normalized spacial score (nSPS) is 42.2. The quantitative estimate of drug-likeness (QED) is 0.516. The molecule has 1 fully saturated rings. The van der Waals surface area contributed by atoms with Crippen LogP contribution in [0.5, 0.6) is 0 Å². The second kappa shape index (κ2) is 5.36. The van der Waals surface area contributed by atoms with Gasteiger partial charge in [-0.05, 0) is 0 Å². The molecular weight excluding hydrogens is 404 g/mol. The first-order chi connectivity index (χ1) is 8.32. The van der Waals surface area contributed by atoms with E-state index in [1.165, 1.54) is 0 Å². The maximum absolute atomic E-state index is 6.42. The molecule has 4 atom stereocenters. The fourth-order valence-electron chi connectivity index (χ4n) is 3.17. The van der Waals surface area contributed by atoms with Crippen LogP contribution in [0.1, 0.15) is 0 Å². The zero-order valence-corrected chi connectivity index (χ0v) is 14.8. The minimum atomic E-state index is -1.00. The van der Waals surface area contributed by atoms with E-state index in [9.17, 15) is 0 Å². The molecule has 2 bridgehead atoms. The van der Waals surface area contributed by atoms with E-state index in [4.69, 9.17) is 92.8 Å². The van der Waals surface area contributed by atoms with Crippen molar-refractivity contribution in [3.8, 4) is 0 Å². The van der Waals surface area contributed by atoms with Crippen LogP contribution in [0.4, 0.5) is 0 Å². The highest BCUT2D eigenvalue weighted by Gasteiger charge is 2.76. The molecule has 0 amide bonds. The van der Waals surface area contributed by atoms with Gasteiger partial charge in [0, 0.05) is 33.2 Å². The van der Waals surface area contributed by atoms with Gasteiger partial charge in [-0.2, -0.15) is 0 Å². The molecule has 18 heavy (non-hydrogen) atoms. The zero-order chi connectivity index (χ0) is 13.9. The Bertz CT molecular complexity index is 387. The first-order valence-corrected chi connectivity index (χ1v) is 8.63. The lowest BCUT2D eigenvalue weighted by Crippen LogP contribution is -2.49. The van der Waals surface area contributed by atoms with Gasteiger partial charge in [-0.3, -0.25) is 0 Å². The van der Waals surface area contributed by atoms with Gasteiger partial charge in [0.25, 0.3) is 0 Å². The number of fused-ring (bicyclic) bond motifs is 2. The van der Waals surface area contributed by atoms with Gasteiger partial charge in [-0.1, -0.05) is 23.2 Å². The Morgan fingerprint density at radius 2 is 1.56 bits per heavy atom. The van der Waals surface area contributed by atoms with E-state index < -0.39 is 26.4 Å². The van der Waals surface area contributed by atoms with Crippen LogP contribution >= 0.6 is 92.8 Å². The molecule has 0 N–H and O–H groups in total. The molecule has 0 heterocycles. The van der Waals surface area contributed by atoms with Crippen LogP contribution in [0.2, 0.25) is 0 Å². The molecule has 1 unspecified atom stereocenters. The Kier molecular flexibility index (Phi) is 4.89. The molecule has 0 radical (unpaired) electrons. The predicted molar refractivity (Wildman–Crippen MR) is 83.3 cm³/mol. The molecule has 2 aliphatic rings. The van der Waals surface area contributed by atoms with Crippen molar-refractivity contribution in [1.29, 1.82) is 0 Å². The van der Waals surface area contributed by atoms with Gasteiger partial charge in [-0.25, -0.2) is 0 Å². The summed E-state index contributed by atoms with van der Waals surface area (Å²) in [6.07, 6.45) is 0. The highest BCUT2D eigenvalue weighted by atomic mass is 35.5. The van der Waals surface area contributed by atoms with Crippen LogP contribution in [0.3, 0.4) is 0 Å². The van der Waals surface area contributed by atoms with Crippen LogP contribution in [-0.4, -0.2) is 27.4 Å². The highest BCUT2D eigenvalue weighted by molar-refractivity contribution is 6.50. The maximum Gasteiger partial charge on any atom is 0.120 e. The third-order valence-electron chi connectivity index (χ3n) is 4.12. The maximum atomic E-state index is 6.42. The predicted octanol–water partition coefficient (Wildman–Crippen LogP) is 5.79. The fraction of sp³-hybridized carbons (Fsp3) is 0.800. The Balaban J connectivity index is 2.74. The van der Waals surface area contributed by atoms with Crippen molar-refractivity contribution in [2.45, 2.75) is 15.6 Å². The number of allylic oxidation sites excluding steroid dienone is 2. The van der Waals surface area contributed by atoms with E-state index in [0.717, 1.165) is 0 Å². The van der Waals surface area contributed by atoms with E-state index >= 15 is 0 Å². The Hall–Kier alpha value is 2.06. The smallest absolute Gasteiger partial charge is 0.120 e. The fourth-order valence-corrected chi connectivity index (χ4v) is 7.71. The summed E-state index contributed by atoms with van der Waals surface area (Å²) in [6.45, 7) is 0. The van der Waals surface area contributed by atoms with Gasteiger partial charge < -0.3 is 0 Å². The number of halogens is 8. The van der Waals surface area contributed by atoms with Crippen molar-refractivity contribution in [3.63, 3.8) is 0 Å². The van der Waals surface area contributed by atoms with E-state index in [2.05, 4.69) is 0 Å². The third-order valence-corrected chi connectivity index (χ3v) is 8.05. The summed E-state index contributed by atoms with van der Waals surface area (Å²) >= 11 is 49.9. The topological polar surface area (TPSA) is 0 Å². The lowest BCUT2D eigenvalue weighted by atomic mass is 9.69. The average molecular weight is 412 g/mol. The molecule has 0 aromatic carbocycles. The van der Waals surface area contributed by atoms with E-state index in [1.807, 2.05) is 0 Å². The molecular formula is C10H8Cl8. The van der Waals surface area contributed by atoms with Crippen molar-refractivity contribution >= 4 is 92.8 Å². The second-order valence-corrected chi connectivity index (χ2v) is 7.97. The highest BCUT2D eigenvalue weighted by Crippen LogP contribution is 2.75. The first-order valence-electron chi connectivity index (χ1n) is 5.06. The summed E-state index contributed by atoms with van der Waals surface area (Å²) in [4.78, 5) is -0.896. The number of alkyl halides is 6. The van der Waals surface area contributed by atoms with Gasteiger partial charge in [0.2, 0.25) is 0 Å². The van der Waals surface area contributed by atoms with Crippen LogP contribution in [0.15, 0.2) is 10.1 Å². The molecule has 0 spiro atoms. The second-order valence-electron chi connectivity index (χ2n) is 4.58. The molecule has 0 aliphatic heterocycles. The van der Waals surface area contributed by atoms with Gasteiger partial charge >= 0.3 is 0 Å². The van der Waals surface area contributed by atoms with Gasteiger partial charge in [0.15, 0.2) is 0 Å². The van der Waals surface area contributed by atoms with Crippen LogP contribution < -0.4 is 0 Å². The van der Waals surface area contributed by atoms with E-state index in [-0.39, 0.29) is 17.7 Å². The SMILES string of the molecule is ClCC1(CCl)[C@H]2C(Cl)=C(Cl)C1(C(Cl)Cl)[C@@H](Cl)[C@H]2Cl. The average Bonchev–Trinajstić information content (AvgIpc) is 2.66. The number of hydrogen-bond acceptors (Lipinski definition) is 0. The summed E-state index contributed by atoms with van der Waals surface area (Å²) in [7, 11) is 0. The monoisotopic (exact) mass is 408 g/mol. The molecule has 104 valence electrons. The summed E-state index contributed by atoms with van der Waals surface area (Å²) in [5.41, 5.74) is -1.73. The van der Waals surface area contributed by atoms with Gasteiger partial charge in [0.05, 0.1) is 16.2 Å². The standard InChI is InChI=1S/C10H8Cl8/c11-1-9(2-12)3-4(13)6(15)10(9,8(17)18)7(16)5(3)14/h3-4,6,8H,1-2H2/t3-,4+,6+,10?/m1/s1. The van der Waals surface area contributed by atoms with Gasteiger partial charge in [-0.15, -0.1) is 69.6 Å². The molecule has 0 aromatic heterocycles. The zero-order valence-electron chi connectivity index (χ0n) is 8.75. The van der Waals surface area contributed by atoms with Crippen molar-refractivity contribution in [3.05, 3.63) is 10.1 Å². The summed E-state index contributed by atoms with van der Waals surface area (Å²) in [5.74, 6) is 0.0252. The molecule has 0 aromatic rings. The Morgan fingerprint density at radius 1 is 1.06 bits per heavy atom. The number of rotatable bonds is 3. The third kappa shape index (κ3) is 1.61. The van der Waals surface area contributed by atoms with E-state index in [0.29, 0.717) is 10.1 Å². The molecule has 1 saturated carbocycles. The van der Waals surface area contributed by atoms with E-state index in [1.54, 1.807) is 0 Å². The summed E-state index contributed by atoms with van der Waals surface area (Å²) in [6, 6.07) is 0.